The smallest absolute Gasteiger partial charge is 0.329 e. The van der Waals surface area contributed by atoms with Crippen LogP contribution >= 0.6 is 0 Å². The maximum absolute atomic E-state index is 12.5. The monoisotopic (exact) mass is 363 g/mol. The number of H-pyrrole nitrogens is 1. The van der Waals surface area contributed by atoms with Crippen molar-refractivity contribution in [2.75, 3.05) is 13.1 Å². The van der Waals surface area contributed by atoms with E-state index >= 15 is 0 Å². The highest BCUT2D eigenvalue weighted by Gasteiger charge is 2.25. The van der Waals surface area contributed by atoms with Gasteiger partial charge in [-0.1, -0.05) is 19.8 Å². The first-order chi connectivity index (χ1) is 12.4. The molecule has 0 aliphatic carbocycles. The Morgan fingerprint density at radius 1 is 1.19 bits per heavy atom. The SMILES string of the molecule is CCCCCn1c(CN2C[C@@H](C)O[C@H](C)C2)nc2c1c(=O)[nH]c(=O)n2C. The molecule has 0 aromatic carbocycles. The first kappa shape index (κ1) is 18.8. The lowest BCUT2D eigenvalue weighted by Gasteiger charge is -2.35. The quantitative estimate of drug-likeness (QED) is 0.780. The third-order valence-electron chi connectivity index (χ3n) is 4.93. The Morgan fingerprint density at radius 2 is 1.88 bits per heavy atom. The predicted molar refractivity (Wildman–Crippen MR) is 100 cm³/mol. The Hall–Kier alpha value is -1.93. The summed E-state index contributed by atoms with van der Waals surface area (Å²) in [5.41, 5.74) is 0.162. The number of hydrogen-bond donors (Lipinski definition) is 1. The molecule has 1 N–H and O–H groups in total. The molecular formula is C18H29N5O3. The molecule has 0 amide bonds. The van der Waals surface area contributed by atoms with Crippen molar-refractivity contribution in [1.29, 1.82) is 0 Å². The third kappa shape index (κ3) is 3.76. The molecule has 2 aromatic heterocycles. The van der Waals surface area contributed by atoms with Crippen molar-refractivity contribution >= 4 is 11.2 Å². The van der Waals surface area contributed by atoms with E-state index in [4.69, 9.17) is 4.74 Å². The van der Waals surface area contributed by atoms with E-state index in [2.05, 4.69) is 35.6 Å². The van der Waals surface area contributed by atoms with E-state index in [-0.39, 0.29) is 17.8 Å². The Bertz CT molecular complexity index is 871. The highest BCUT2D eigenvalue weighted by molar-refractivity contribution is 5.70. The lowest BCUT2D eigenvalue weighted by atomic mass is 10.2. The molecule has 1 aliphatic rings. The van der Waals surface area contributed by atoms with Gasteiger partial charge < -0.3 is 9.30 Å². The van der Waals surface area contributed by atoms with Gasteiger partial charge in [-0.2, -0.15) is 0 Å². The second-order valence-corrected chi connectivity index (χ2v) is 7.33. The van der Waals surface area contributed by atoms with Gasteiger partial charge in [0.25, 0.3) is 5.56 Å². The maximum Gasteiger partial charge on any atom is 0.329 e. The summed E-state index contributed by atoms with van der Waals surface area (Å²) in [5.74, 6) is 0.837. The zero-order valence-corrected chi connectivity index (χ0v) is 16.1. The van der Waals surface area contributed by atoms with E-state index in [1.54, 1.807) is 7.05 Å². The van der Waals surface area contributed by atoms with E-state index < -0.39 is 5.69 Å². The number of hydrogen-bond acceptors (Lipinski definition) is 5. The van der Waals surface area contributed by atoms with Crippen molar-refractivity contribution in [1.82, 2.24) is 24.0 Å². The normalized spacial score (nSPS) is 21.5. The molecule has 0 unspecified atom stereocenters. The van der Waals surface area contributed by atoms with Gasteiger partial charge in [-0.3, -0.25) is 19.2 Å². The standard InChI is InChI=1S/C18H29N5O3/c1-5-6-7-8-23-14(11-22-9-12(2)26-13(3)10-22)19-16-15(23)17(24)20-18(25)21(16)4/h12-13H,5-11H2,1-4H3,(H,20,24,25)/t12-,13-/m1/s1. The molecule has 2 aromatic rings. The van der Waals surface area contributed by atoms with Crippen LogP contribution in [0, 0.1) is 0 Å². The summed E-state index contributed by atoms with van der Waals surface area (Å²) in [5, 5.41) is 0. The second kappa shape index (κ2) is 7.75. The molecule has 3 heterocycles. The van der Waals surface area contributed by atoms with Crippen molar-refractivity contribution in [3.05, 3.63) is 26.7 Å². The third-order valence-corrected chi connectivity index (χ3v) is 4.93. The number of ether oxygens (including phenoxy) is 1. The van der Waals surface area contributed by atoms with Crippen molar-refractivity contribution in [2.45, 2.75) is 65.3 Å². The molecule has 8 nitrogen and oxygen atoms in total. The van der Waals surface area contributed by atoms with E-state index in [1.807, 2.05) is 4.57 Å². The lowest BCUT2D eigenvalue weighted by molar-refractivity contribution is -0.0712. The van der Waals surface area contributed by atoms with Crippen LogP contribution in [-0.2, 0) is 24.9 Å². The van der Waals surface area contributed by atoms with Gasteiger partial charge in [0.2, 0.25) is 0 Å². The minimum atomic E-state index is -0.430. The minimum absolute atomic E-state index is 0.171. The molecule has 0 saturated carbocycles. The molecule has 1 aliphatic heterocycles. The van der Waals surface area contributed by atoms with Gasteiger partial charge in [0.1, 0.15) is 5.82 Å². The number of nitrogens with zero attached hydrogens (tertiary/aromatic N) is 4. The van der Waals surface area contributed by atoms with Crippen molar-refractivity contribution in [3.63, 3.8) is 0 Å². The Morgan fingerprint density at radius 3 is 2.54 bits per heavy atom. The van der Waals surface area contributed by atoms with E-state index in [1.165, 1.54) is 4.57 Å². The van der Waals surface area contributed by atoms with Gasteiger partial charge in [0.05, 0.1) is 18.8 Å². The number of unbranched alkanes of at least 4 members (excludes halogenated alkanes) is 2. The summed E-state index contributed by atoms with van der Waals surface area (Å²) < 4.78 is 9.22. The van der Waals surface area contributed by atoms with Gasteiger partial charge in [-0.25, -0.2) is 9.78 Å². The summed E-state index contributed by atoms with van der Waals surface area (Å²) in [6, 6.07) is 0. The van der Waals surface area contributed by atoms with Gasteiger partial charge in [-0.15, -0.1) is 0 Å². The second-order valence-electron chi connectivity index (χ2n) is 7.33. The summed E-state index contributed by atoms with van der Waals surface area (Å²) in [6.07, 6.45) is 3.52. The summed E-state index contributed by atoms with van der Waals surface area (Å²) in [7, 11) is 1.65. The van der Waals surface area contributed by atoms with Crippen molar-refractivity contribution in [3.8, 4) is 0 Å². The molecule has 0 radical (unpaired) electrons. The largest absolute Gasteiger partial charge is 0.373 e. The Balaban J connectivity index is 2.01. The van der Waals surface area contributed by atoms with Gasteiger partial charge in [-0.05, 0) is 20.3 Å². The number of morpholine rings is 1. The maximum atomic E-state index is 12.5. The zero-order chi connectivity index (χ0) is 18.8. The van der Waals surface area contributed by atoms with Crippen LogP contribution < -0.4 is 11.2 Å². The molecule has 1 fully saturated rings. The molecule has 1 saturated heterocycles. The van der Waals surface area contributed by atoms with Crippen molar-refractivity contribution in [2.24, 2.45) is 7.05 Å². The molecule has 0 bridgehead atoms. The van der Waals surface area contributed by atoms with Crippen LogP contribution in [0.5, 0.6) is 0 Å². The molecule has 3 rings (SSSR count). The van der Waals surface area contributed by atoms with Crippen LogP contribution in [0.15, 0.2) is 9.59 Å². The van der Waals surface area contributed by atoms with Gasteiger partial charge in [0.15, 0.2) is 11.2 Å². The van der Waals surface area contributed by atoms with Crippen LogP contribution in [0.1, 0.15) is 45.9 Å². The number of nitrogens with one attached hydrogen (secondary N) is 1. The number of imidazole rings is 1. The van der Waals surface area contributed by atoms with Gasteiger partial charge >= 0.3 is 5.69 Å². The fourth-order valence-electron chi connectivity index (χ4n) is 3.77. The number of aromatic amines is 1. The Kier molecular flexibility index (Phi) is 5.62. The average Bonchev–Trinajstić information content (AvgIpc) is 2.91. The van der Waals surface area contributed by atoms with E-state index in [0.29, 0.717) is 17.7 Å². The number of aromatic nitrogens is 4. The van der Waals surface area contributed by atoms with E-state index in [9.17, 15) is 9.59 Å². The average molecular weight is 363 g/mol. The van der Waals surface area contributed by atoms with Crippen LogP contribution in [0.2, 0.25) is 0 Å². The molecule has 8 heteroatoms. The fourth-order valence-corrected chi connectivity index (χ4v) is 3.77. The number of rotatable bonds is 6. The molecule has 144 valence electrons. The highest BCUT2D eigenvalue weighted by atomic mass is 16.5. The van der Waals surface area contributed by atoms with Crippen LogP contribution in [0.25, 0.3) is 11.2 Å². The van der Waals surface area contributed by atoms with Crippen molar-refractivity contribution < 1.29 is 4.74 Å². The lowest BCUT2D eigenvalue weighted by Crippen LogP contribution is -2.45. The van der Waals surface area contributed by atoms with Crippen LogP contribution in [0.3, 0.4) is 0 Å². The first-order valence-corrected chi connectivity index (χ1v) is 9.47. The zero-order valence-electron chi connectivity index (χ0n) is 16.1. The van der Waals surface area contributed by atoms with Crippen LogP contribution in [0.4, 0.5) is 0 Å². The molecule has 0 spiro atoms. The Labute approximate surface area is 152 Å². The highest BCUT2D eigenvalue weighted by Crippen LogP contribution is 2.18. The predicted octanol–water partition coefficient (Wildman–Crippen LogP) is 1.22. The number of aryl methyl sites for hydroxylation is 2. The fraction of sp³-hybridized carbons (Fsp3) is 0.722. The topological polar surface area (TPSA) is 85.2 Å². The first-order valence-electron chi connectivity index (χ1n) is 9.47. The van der Waals surface area contributed by atoms with Crippen LogP contribution in [-0.4, -0.2) is 49.3 Å². The summed E-state index contributed by atoms with van der Waals surface area (Å²) in [6.45, 7) is 9.33. The summed E-state index contributed by atoms with van der Waals surface area (Å²) in [4.78, 5) is 33.8. The molecule has 2 atom stereocenters. The molecular weight excluding hydrogens is 334 g/mol. The summed E-state index contributed by atoms with van der Waals surface area (Å²) >= 11 is 0. The minimum Gasteiger partial charge on any atom is -0.373 e. The van der Waals surface area contributed by atoms with E-state index in [0.717, 1.165) is 44.7 Å². The number of fused-ring (bicyclic) bond motifs is 1. The van der Waals surface area contributed by atoms with Gasteiger partial charge in [0, 0.05) is 26.7 Å². The molecule has 26 heavy (non-hydrogen) atoms.